The maximum Gasteiger partial charge on any atom is 0.239 e. The van der Waals surface area contributed by atoms with E-state index < -0.39 is 17.8 Å². The van der Waals surface area contributed by atoms with Crippen LogP contribution in [0.4, 0.5) is 4.39 Å². The first kappa shape index (κ1) is 17.1. The summed E-state index contributed by atoms with van der Waals surface area (Å²) in [7, 11) is 0. The van der Waals surface area contributed by atoms with Crippen molar-refractivity contribution in [2.75, 3.05) is 13.1 Å². The van der Waals surface area contributed by atoms with Crippen molar-refractivity contribution in [1.29, 1.82) is 0 Å². The second-order valence-corrected chi connectivity index (χ2v) is 5.74. The van der Waals surface area contributed by atoms with Crippen molar-refractivity contribution in [3.63, 3.8) is 0 Å². The van der Waals surface area contributed by atoms with Crippen molar-refractivity contribution in [3.05, 3.63) is 58.0 Å². The molecule has 0 fully saturated rings. The van der Waals surface area contributed by atoms with E-state index in [0.29, 0.717) is 5.56 Å². The van der Waals surface area contributed by atoms with Crippen LogP contribution in [0.2, 0.25) is 0 Å². The monoisotopic (exact) mass is 336 g/mol. The van der Waals surface area contributed by atoms with Crippen LogP contribution < -0.4 is 10.6 Å². The molecule has 0 saturated heterocycles. The second kappa shape index (κ2) is 8.40. The molecule has 3 N–H and O–H groups in total. The van der Waals surface area contributed by atoms with E-state index in [2.05, 4.69) is 10.6 Å². The Bertz CT molecular complexity index is 661. The van der Waals surface area contributed by atoms with Crippen LogP contribution in [-0.2, 0) is 16.0 Å². The highest BCUT2D eigenvalue weighted by Gasteiger charge is 2.11. The summed E-state index contributed by atoms with van der Waals surface area (Å²) in [6, 6.07) is 7.52. The molecular formula is C16H17FN2O3S. The van der Waals surface area contributed by atoms with Gasteiger partial charge in [-0.3, -0.25) is 9.59 Å². The number of nitrogens with one attached hydrogen (secondary N) is 2. The van der Waals surface area contributed by atoms with Crippen LogP contribution >= 0.6 is 11.3 Å². The molecule has 1 aromatic carbocycles. The summed E-state index contributed by atoms with van der Waals surface area (Å²) in [6.45, 7) is -0.111. The van der Waals surface area contributed by atoms with E-state index in [4.69, 9.17) is 0 Å². The van der Waals surface area contributed by atoms with E-state index in [0.717, 1.165) is 5.56 Å². The van der Waals surface area contributed by atoms with E-state index >= 15 is 0 Å². The Hall–Kier alpha value is -2.25. The van der Waals surface area contributed by atoms with Crippen LogP contribution in [-0.4, -0.2) is 30.0 Å². The third-order valence-corrected chi connectivity index (χ3v) is 3.82. The largest absolute Gasteiger partial charge is 0.387 e. The third-order valence-electron chi connectivity index (χ3n) is 3.12. The Morgan fingerprint density at radius 1 is 1.22 bits per heavy atom. The number of benzene rings is 1. The lowest BCUT2D eigenvalue weighted by Crippen LogP contribution is -2.39. The van der Waals surface area contributed by atoms with Gasteiger partial charge in [0.25, 0.3) is 0 Å². The van der Waals surface area contributed by atoms with Gasteiger partial charge in [-0.1, -0.05) is 12.1 Å². The van der Waals surface area contributed by atoms with Gasteiger partial charge in [0.05, 0.1) is 19.1 Å². The van der Waals surface area contributed by atoms with Gasteiger partial charge in [-0.25, -0.2) is 4.39 Å². The van der Waals surface area contributed by atoms with Crippen LogP contribution in [0, 0.1) is 5.82 Å². The SMILES string of the molecule is O=C(CNC(=O)Cc1cccc(F)c1)NCC(O)c1ccsc1. The van der Waals surface area contributed by atoms with Gasteiger partial charge in [0.15, 0.2) is 0 Å². The summed E-state index contributed by atoms with van der Waals surface area (Å²) in [5.41, 5.74) is 1.28. The van der Waals surface area contributed by atoms with E-state index in [9.17, 15) is 19.1 Å². The number of hydrogen-bond donors (Lipinski definition) is 3. The summed E-state index contributed by atoms with van der Waals surface area (Å²) in [4.78, 5) is 23.3. The number of aliphatic hydroxyl groups excluding tert-OH is 1. The molecule has 2 aromatic rings. The standard InChI is InChI=1S/C16H17FN2O3S/c17-13-3-1-2-11(6-13)7-15(21)19-9-16(22)18-8-14(20)12-4-5-23-10-12/h1-6,10,14,20H,7-9H2,(H,18,22)(H,19,21). The first-order chi connectivity index (χ1) is 11.0. The minimum Gasteiger partial charge on any atom is -0.387 e. The van der Waals surface area contributed by atoms with Gasteiger partial charge >= 0.3 is 0 Å². The van der Waals surface area contributed by atoms with Crippen molar-refractivity contribution in [3.8, 4) is 0 Å². The average Bonchev–Trinajstić information content (AvgIpc) is 3.05. The zero-order valence-corrected chi connectivity index (χ0v) is 13.1. The molecule has 5 nitrogen and oxygen atoms in total. The van der Waals surface area contributed by atoms with Gasteiger partial charge in [0, 0.05) is 6.54 Å². The lowest BCUT2D eigenvalue weighted by Gasteiger charge is -2.11. The number of thiophene rings is 1. The molecule has 1 heterocycles. The normalized spacial score (nSPS) is 11.7. The molecule has 1 unspecified atom stereocenters. The Morgan fingerprint density at radius 3 is 2.74 bits per heavy atom. The highest BCUT2D eigenvalue weighted by Crippen LogP contribution is 2.14. The van der Waals surface area contributed by atoms with Crippen molar-refractivity contribution in [2.24, 2.45) is 0 Å². The maximum absolute atomic E-state index is 13.0. The molecule has 122 valence electrons. The molecule has 0 aliphatic heterocycles. The molecule has 7 heteroatoms. The minimum atomic E-state index is -0.770. The summed E-state index contributed by atoms with van der Waals surface area (Å²) in [6.07, 6.45) is -0.768. The number of carbonyl (C=O) groups is 2. The minimum absolute atomic E-state index is 0.00255. The average molecular weight is 336 g/mol. The van der Waals surface area contributed by atoms with E-state index in [-0.39, 0.29) is 25.4 Å². The molecule has 23 heavy (non-hydrogen) atoms. The molecular weight excluding hydrogens is 319 g/mol. The van der Waals surface area contributed by atoms with E-state index in [1.807, 2.05) is 5.38 Å². The third kappa shape index (κ3) is 5.80. The van der Waals surface area contributed by atoms with E-state index in [1.165, 1.54) is 29.5 Å². The molecule has 0 aliphatic rings. The first-order valence-corrected chi connectivity index (χ1v) is 7.97. The summed E-state index contributed by atoms with van der Waals surface area (Å²) >= 11 is 1.46. The number of aliphatic hydroxyl groups is 1. The predicted molar refractivity (Wildman–Crippen MR) is 85.4 cm³/mol. The zero-order valence-electron chi connectivity index (χ0n) is 12.3. The lowest BCUT2D eigenvalue weighted by atomic mass is 10.1. The van der Waals surface area contributed by atoms with Gasteiger partial charge in [-0.2, -0.15) is 11.3 Å². The number of halogens is 1. The lowest BCUT2D eigenvalue weighted by molar-refractivity contribution is -0.126. The van der Waals surface area contributed by atoms with Crippen LogP contribution in [0.1, 0.15) is 17.2 Å². The summed E-state index contributed by atoms with van der Waals surface area (Å²) in [5, 5.41) is 18.5. The molecule has 0 saturated carbocycles. The highest BCUT2D eigenvalue weighted by molar-refractivity contribution is 7.07. The predicted octanol–water partition coefficient (Wildman–Crippen LogP) is 1.40. The number of rotatable bonds is 7. The molecule has 0 radical (unpaired) electrons. The Labute approximate surface area is 137 Å². The number of amides is 2. The molecule has 1 aromatic heterocycles. The fraction of sp³-hybridized carbons (Fsp3) is 0.250. The van der Waals surface area contributed by atoms with Crippen molar-refractivity contribution in [2.45, 2.75) is 12.5 Å². The van der Waals surface area contributed by atoms with Gasteiger partial charge < -0.3 is 15.7 Å². The Balaban J connectivity index is 1.68. The second-order valence-electron chi connectivity index (χ2n) is 4.96. The quantitative estimate of drug-likeness (QED) is 0.715. The van der Waals surface area contributed by atoms with Crippen LogP contribution in [0.3, 0.4) is 0 Å². The molecule has 2 amide bonds. The van der Waals surface area contributed by atoms with Crippen molar-refractivity contribution < 1.29 is 19.1 Å². The molecule has 0 bridgehead atoms. The Kier molecular flexibility index (Phi) is 6.25. The smallest absolute Gasteiger partial charge is 0.239 e. The summed E-state index contributed by atoms with van der Waals surface area (Å²) in [5.74, 6) is -1.17. The highest BCUT2D eigenvalue weighted by atomic mass is 32.1. The topological polar surface area (TPSA) is 78.4 Å². The van der Waals surface area contributed by atoms with Crippen LogP contribution in [0.25, 0.3) is 0 Å². The fourth-order valence-electron chi connectivity index (χ4n) is 1.93. The number of hydrogen-bond acceptors (Lipinski definition) is 4. The van der Waals surface area contributed by atoms with Crippen molar-refractivity contribution >= 4 is 23.2 Å². The van der Waals surface area contributed by atoms with Gasteiger partial charge in [0.2, 0.25) is 11.8 Å². The number of carbonyl (C=O) groups excluding carboxylic acids is 2. The summed E-state index contributed by atoms with van der Waals surface area (Å²) < 4.78 is 13.0. The van der Waals surface area contributed by atoms with Crippen LogP contribution in [0.15, 0.2) is 41.1 Å². The van der Waals surface area contributed by atoms with Crippen molar-refractivity contribution in [1.82, 2.24) is 10.6 Å². The molecule has 0 aliphatic carbocycles. The maximum atomic E-state index is 13.0. The zero-order chi connectivity index (χ0) is 16.7. The first-order valence-electron chi connectivity index (χ1n) is 7.02. The molecule has 0 spiro atoms. The van der Waals surface area contributed by atoms with E-state index in [1.54, 1.807) is 17.5 Å². The fourth-order valence-corrected chi connectivity index (χ4v) is 2.64. The van der Waals surface area contributed by atoms with Gasteiger partial charge in [-0.05, 0) is 40.1 Å². The van der Waals surface area contributed by atoms with Gasteiger partial charge in [0.1, 0.15) is 5.82 Å². The molecule has 2 rings (SSSR count). The van der Waals surface area contributed by atoms with Crippen LogP contribution in [0.5, 0.6) is 0 Å². The molecule has 1 atom stereocenters. The van der Waals surface area contributed by atoms with Gasteiger partial charge in [-0.15, -0.1) is 0 Å². The Morgan fingerprint density at radius 2 is 2.04 bits per heavy atom.